The predicted octanol–water partition coefficient (Wildman–Crippen LogP) is 3.43. The van der Waals surface area contributed by atoms with Crippen LogP contribution in [0.3, 0.4) is 0 Å². The van der Waals surface area contributed by atoms with E-state index in [-0.39, 0.29) is 35.1 Å². The molecule has 0 radical (unpaired) electrons. The summed E-state index contributed by atoms with van der Waals surface area (Å²) >= 11 is 0. The van der Waals surface area contributed by atoms with Crippen molar-refractivity contribution in [2.45, 2.75) is 33.2 Å². The topological polar surface area (TPSA) is 95.6 Å². The third-order valence-electron chi connectivity index (χ3n) is 4.68. The molecule has 2 aromatic rings. The van der Waals surface area contributed by atoms with Gasteiger partial charge in [-0.1, -0.05) is 26.0 Å². The molecule has 0 saturated carbocycles. The van der Waals surface area contributed by atoms with E-state index in [4.69, 9.17) is 0 Å². The molecule has 0 aliphatic carbocycles. The summed E-state index contributed by atoms with van der Waals surface area (Å²) in [6.45, 7) is 5.02. The van der Waals surface area contributed by atoms with Gasteiger partial charge in [-0.3, -0.25) is 24.1 Å². The van der Waals surface area contributed by atoms with E-state index in [0.29, 0.717) is 5.69 Å². The number of anilines is 2. The zero-order chi connectivity index (χ0) is 22.0. The van der Waals surface area contributed by atoms with Crippen LogP contribution in [0.1, 0.15) is 47.9 Å². The van der Waals surface area contributed by atoms with Crippen molar-refractivity contribution in [2.75, 3.05) is 10.6 Å². The lowest BCUT2D eigenvalue weighted by molar-refractivity contribution is -0.120. The summed E-state index contributed by atoms with van der Waals surface area (Å²) in [7, 11) is 0. The summed E-state index contributed by atoms with van der Waals surface area (Å²) in [4.78, 5) is 50.9. The molecular weight excluding hydrogens is 389 g/mol. The molecule has 1 heterocycles. The molecule has 4 amide bonds. The van der Waals surface area contributed by atoms with E-state index in [1.807, 2.05) is 13.8 Å². The minimum Gasteiger partial charge on any atom is -0.326 e. The predicted molar refractivity (Wildman–Crippen MR) is 110 cm³/mol. The summed E-state index contributed by atoms with van der Waals surface area (Å²) in [5, 5.41) is 4.98. The fraction of sp³-hybridized carbons (Fsp3) is 0.273. The average molecular weight is 411 g/mol. The lowest BCUT2D eigenvalue weighted by Crippen LogP contribution is -2.48. The van der Waals surface area contributed by atoms with Crippen molar-refractivity contribution in [1.29, 1.82) is 0 Å². The lowest BCUT2D eigenvalue weighted by atomic mass is 10.0. The fourth-order valence-electron chi connectivity index (χ4n) is 3.39. The zero-order valence-electron chi connectivity index (χ0n) is 16.9. The van der Waals surface area contributed by atoms with Gasteiger partial charge in [-0.25, -0.2) is 4.39 Å². The van der Waals surface area contributed by atoms with Gasteiger partial charge in [0.15, 0.2) is 0 Å². The molecule has 0 spiro atoms. The highest BCUT2D eigenvalue weighted by Crippen LogP contribution is 2.28. The Hall–Kier alpha value is -3.55. The highest BCUT2D eigenvalue weighted by Gasteiger charge is 2.42. The molecule has 7 nitrogen and oxygen atoms in total. The first-order valence-corrected chi connectivity index (χ1v) is 9.54. The van der Waals surface area contributed by atoms with Crippen molar-refractivity contribution in [3.63, 3.8) is 0 Å². The Balaban J connectivity index is 1.90. The number of benzene rings is 2. The van der Waals surface area contributed by atoms with E-state index in [9.17, 15) is 23.6 Å². The number of nitrogens with zero attached hydrogens (tertiary/aromatic N) is 1. The van der Waals surface area contributed by atoms with Crippen molar-refractivity contribution in [3.8, 4) is 0 Å². The molecule has 156 valence electrons. The molecule has 30 heavy (non-hydrogen) atoms. The maximum Gasteiger partial charge on any atom is 0.262 e. The highest BCUT2D eigenvalue weighted by molar-refractivity contribution is 6.23. The number of halogens is 1. The maximum atomic E-state index is 14.3. The molecule has 1 aliphatic rings. The molecule has 3 rings (SSSR count). The van der Waals surface area contributed by atoms with Crippen molar-refractivity contribution in [3.05, 3.63) is 59.4 Å². The fourth-order valence-corrected chi connectivity index (χ4v) is 3.39. The molecule has 2 aromatic carbocycles. The second-order valence-corrected chi connectivity index (χ2v) is 7.54. The van der Waals surface area contributed by atoms with Gasteiger partial charge >= 0.3 is 0 Å². The van der Waals surface area contributed by atoms with Crippen LogP contribution in [0.5, 0.6) is 0 Å². The van der Waals surface area contributed by atoms with Gasteiger partial charge in [0.1, 0.15) is 11.9 Å². The van der Waals surface area contributed by atoms with Crippen LogP contribution in [0.2, 0.25) is 0 Å². The minimum absolute atomic E-state index is 0.0133. The number of carbonyl (C=O) groups is 4. The smallest absolute Gasteiger partial charge is 0.262 e. The molecule has 0 bridgehead atoms. The van der Waals surface area contributed by atoms with Gasteiger partial charge in [0.25, 0.3) is 11.8 Å². The Kier molecular flexibility index (Phi) is 5.96. The standard InChI is InChI=1S/C22H22FN3O4/c1-12(2)10-19(26-21(29)15-6-4-5-7-16(15)22(26)30)20(28)25-18-11-14(24-13(3)27)8-9-17(18)23/h4-9,11-12,19H,10H2,1-3H3,(H,24,27)(H,25,28). The summed E-state index contributed by atoms with van der Waals surface area (Å²) < 4.78 is 14.3. The number of rotatable bonds is 6. The minimum atomic E-state index is -1.11. The third-order valence-corrected chi connectivity index (χ3v) is 4.68. The second kappa shape index (κ2) is 8.44. The molecule has 0 fully saturated rings. The molecule has 1 aliphatic heterocycles. The summed E-state index contributed by atoms with van der Waals surface area (Å²) in [5.74, 6) is -2.85. The zero-order valence-corrected chi connectivity index (χ0v) is 16.9. The Morgan fingerprint density at radius 2 is 1.60 bits per heavy atom. The van der Waals surface area contributed by atoms with E-state index in [2.05, 4.69) is 10.6 Å². The highest BCUT2D eigenvalue weighted by atomic mass is 19.1. The molecular formula is C22H22FN3O4. The monoisotopic (exact) mass is 411 g/mol. The van der Waals surface area contributed by atoms with Crippen LogP contribution in [-0.4, -0.2) is 34.6 Å². The van der Waals surface area contributed by atoms with Gasteiger partial charge in [-0.15, -0.1) is 0 Å². The Morgan fingerprint density at radius 1 is 1.00 bits per heavy atom. The van der Waals surface area contributed by atoms with Crippen LogP contribution in [0.15, 0.2) is 42.5 Å². The van der Waals surface area contributed by atoms with E-state index >= 15 is 0 Å². The van der Waals surface area contributed by atoms with Crippen LogP contribution < -0.4 is 10.6 Å². The molecule has 1 atom stereocenters. The van der Waals surface area contributed by atoms with Gasteiger partial charge in [0, 0.05) is 12.6 Å². The average Bonchev–Trinajstić information content (AvgIpc) is 2.93. The van der Waals surface area contributed by atoms with Crippen molar-refractivity contribution in [1.82, 2.24) is 4.90 Å². The first kappa shape index (κ1) is 21.2. The SMILES string of the molecule is CC(=O)Nc1ccc(F)c(NC(=O)C(CC(C)C)N2C(=O)c3ccccc3C2=O)c1. The number of hydrogen-bond acceptors (Lipinski definition) is 4. The Bertz CT molecular complexity index is 1000. The quantitative estimate of drug-likeness (QED) is 0.712. The van der Waals surface area contributed by atoms with Crippen LogP contribution >= 0.6 is 0 Å². The molecule has 8 heteroatoms. The summed E-state index contributed by atoms with van der Waals surface area (Å²) in [6.07, 6.45) is 0.213. The van der Waals surface area contributed by atoms with E-state index in [1.165, 1.54) is 31.2 Å². The number of nitrogens with one attached hydrogen (secondary N) is 2. The van der Waals surface area contributed by atoms with Crippen LogP contribution in [0.4, 0.5) is 15.8 Å². The van der Waals surface area contributed by atoms with E-state index in [0.717, 1.165) is 11.0 Å². The van der Waals surface area contributed by atoms with Crippen LogP contribution in [-0.2, 0) is 9.59 Å². The number of hydrogen-bond donors (Lipinski definition) is 2. The normalized spacial score (nSPS) is 14.0. The Labute approximate surface area is 173 Å². The van der Waals surface area contributed by atoms with Crippen molar-refractivity contribution in [2.24, 2.45) is 5.92 Å². The van der Waals surface area contributed by atoms with Gasteiger partial charge in [-0.05, 0) is 42.7 Å². The van der Waals surface area contributed by atoms with Crippen molar-refractivity contribution >= 4 is 35.0 Å². The van der Waals surface area contributed by atoms with E-state index in [1.54, 1.807) is 12.1 Å². The van der Waals surface area contributed by atoms with Gasteiger partial charge in [-0.2, -0.15) is 0 Å². The molecule has 0 aromatic heterocycles. The number of imide groups is 1. The first-order chi connectivity index (χ1) is 14.2. The number of fused-ring (bicyclic) bond motifs is 1. The number of carbonyl (C=O) groups excluding carboxylic acids is 4. The summed E-state index contributed by atoms with van der Waals surface area (Å²) in [6, 6.07) is 9.02. The number of amides is 4. The lowest BCUT2D eigenvalue weighted by Gasteiger charge is -2.27. The van der Waals surface area contributed by atoms with Gasteiger partial charge < -0.3 is 10.6 Å². The first-order valence-electron chi connectivity index (χ1n) is 9.54. The molecule has 2 N–H and O–H groups in total. The van der Waals surface area contributed by atoms with Crippen LogP contribution in [0.25, 0.3) is 0 Å². The van der Waals surface area contributed by atoms with E-state index < -0.39 is 29.6 Å². The third kappa shape index (κ3) is 4.22. The summed E-state index contributed by atoms with van der Waals surface area (Å²) in [5.41, 5.74) is 0.628. The largest absolute Gasteiger partial charge is 0.326 e. The van der Waals surface area contributed by atoms with Crippen LogP contribution in [0, 0.1) is 11.7 Å². The van der Waals surface area contributed by atoms with Gasteiger partial charge in [0.05, 0.1) is 16.8 Å². The second-order valence-electron chi connectivity index (χ2n) is 7.54. The van der Waals surface area contributed by atoms with Gasteiger partial charge in [0.2, 0.25) is 11.8 Å². The van der Waals surface area contributed by atoms with Crippen molar-refractivity contribution < 1.29 is 23.6 Å². The molecule has 0 saturated heterocycles. The maximum absolute atomic E-state index is 14.3. The molecule has 1 unspecified atom stereocenters. The Morgan fingerprint density at radius 3 is 2.13 bits per heavy atom.